The fraction of sp³-hybridized carbons (Fsp3) is 0.667. The molecule has 0 atom stereocenters. The molecule has 0 amide bonds. The number of aliphatic hydroxyl groups excluding tert-OH is 1. The second kappa shape index (κ2) is 4.44. The van der Waals surface area contributed by atoms with Gasteiger partial charge in [0.25, 0.3) is 0 Å². The fourth-order valence-corrected chi connectivity index (χ4v) is 3.58. The van der Waals surface area contributed by atoms with Gasteiger partial charge in [0.2, 0.25) is 0 Å². The molecule has 0 bridgehead atoms. The molecule has 0 spiro atoms. The fourth-order valence-electron chi connectivity index (χ4n) is 1.53. The Hall–Kier alpha value is -0.0600. The molecule has 0 aliphatic carbocycles. The molecule has 2 nitrogen and oxygen atoms in total. The van der Waals surface area contributed by atoms with Crippen molar-refractivity contribution in [3.05, 3.63) is 16.1 Å². The first-order valence-corrected chi connectivity index (χ1v) is 6.50. The third-order valence-corrected chi connectivity index (χ3v) is 4.49. The molecule has 2 rings (SSSR count). The van der Waals surface area contributed by atoms with Crippen LogP contribution in [0.5, 0.6) is 0 Å². The Morgan fingerprint density at radius 2 is 2.23 bits per heavy atom. The second-order valence-corrected chi connectivity index (χ2v) is 5.58. The molecule has 1 aliphatic rings. The first-order valence-electron chi connectivity index (χ1n) is 4.53. The van der Waals surface area contributed by atoms with Crippen molar-refractivity contribution in [1.29, 1.82) is 0 Å². The van der Waals surface area contributed by atoms with Crippen LogP contribution >= 0.6 is 23.1 Å². The van der Waals surface area contributed by atoms with Gasteiger partial charge in [-0.2, -0.15) is 11.8 Å². The molecule has 0 aromatic carbocycles. The predicted octanol–water partition coefficient (Wildman–Crippen LogP) is 2.25. The average molecular weight is 215 g/mol. The topological polar surface area (TPSA) is 33.1 Å². The normalized spacial score (nSPS) is 19.2. The maximum absolute atomic E-state index is 8.92. The average Bonchev–Trinajstić information content (AvgIpc) is 2.67. The predicted molar refractivity (Wildman–Crippen MR) is 57.3 cm³/mol. The second-order valence-electron chi connectivity index (χ2n) is 3.21. The van der Waals surface area contributed by atoms with Crippen LogP contribution in [0.1, 0.15) is 28.6 Å². The Balaban J connectivity index is 2.05. The third-order valence-electron chi connectivity index (χ3n) is 2.30. The lowest BCUT2D eigenvalue weighted by Crippen LogP contribution is -2.07. The molecule has 1 aromatic rings. The van der Waals surface area contributed by atoms with Crippen molar-refractivity contribution in [2.75, 3.05) is 11.5 Å². The summed E-state index contributed by atoms with van der Waals surface area (Å²) in [4.78, 5) is 5.35. The molecule has 0 unspecified atom stereocenters. The van der Waals surface area contributed by atoms with E-state index in [-0.39, 0.29) is 6.61 Å². The van der Waals surface area contributed by atoms with Crippen molar-refractivity contribution in [1.82, 2.24) is 4.98 Å². The molecule has 1 saturated heterocycles. The Kier molecular flexibility index (Phi) is 3.24. The lowest BCUT2D eigenvalue weighted by Gasteiger charge is -2.18. The van der Waals surface area contributed by atoms with Crippen molar-refractivity contribution in [3.63, 3.8) is 0 Å². The summed E-state index contributed by atoms with van der Waals surface area (Å²) in [6.45, 7) is 0.138. The number of nitrogens with zero attached hydrogens (tertiary/aromatic N) is 1. The summed E-state index contributed by atoms with van der Waals surface area (Å²) in [6.07, 6.45) is 4.31. The summed E-state index contributed by atoms with van der Waals surface area (Å²) in [5.41, 5.74) is 0. The quantitative estimate of drug-likeness (QED) is 0.821. The van der Waals surface area contributed by atoms with Gasteiger partial charge in [0.1, 0.15) is 0 Å². The number of aromatic nitrogens is 1. The van der Waals surface area contributed by atoms with E-state index < -0.39 is 0 Å². The molecule has 1 fully saturated rings. The Morgan fingerprint density at radius 1 is 1.46 bits per heavy atom. The number of thiazole rings is 1. The van der Waals surface area contributed by atoms with Crippen LogP contribution in [-0.2, 0) is 6.61 Å². The van der Waals surface area contributed by atoms with Gasteiger partial charge >= 0.3 is 0 Å². The standard InChI is InChI=1S/C9H13NOS2/c11-6-8-5-10-9(13-8)7-1-3-12-4-2-7/h5,7,11H,1-4,6H2. The molecule has 4 heteroatoms. The van der Waals surface area contributed by atoms with Crippen molar-refractivity contribution in [2.45, 2.75) is 25.4 Å². The smallest absolute Gasteiger partial charge is 0.0960 e. The van der Waals surface area contributed by atoms with E-state index in [0.29, 0.717) is 5.92 Å². The van der Waals surface area contributed by atoms with Gasteiger partial charge in [-0.25, -0.2) is 4.98 Å². The van der Waals surface area contributed by atoms with Crippen LogP contribution in [0, 0.1) is 0 Å². The van der Waals surface area contributed by atoms with Crippen LogP contribution in [0.25, 0.3) is 0 Å². The highest BCUT2D eigenvalue weighted by Crippen LogP contribution is 2.33. The van der Waals surface area contributed by atoms with E-state index in [1.807, 2.05) is 18.0 Å². The SMILES string of the molecule is OCc1cnc(C2CCSCC2)s1. The van der Waals surface area contributed by atoms with Crippen LogP contribution in [0.15, 0.2) is 6.20 Å². The molecular formula is C9H13NOS2. The van der Waals surface area contributed by atoms with E-state index in [1.165, 1.54) is 29.4 Å². The van der Waals surface area contributed by atoms with Crippen LogP contribution in [0.4, 0.5) is 0 Å². The van der Waals surface area contributed by atoms with Crippen LogP contribution in [0.2, 0.25) is 0 Å². The zero-order chi connectivity index (χ0) is 9.10. The number of hydrogen-bond donors (Lipinski definition) is 1. The maximum Gasteiger partial charge on any atom is 0.0960 e. The van der Waals surface area contributed by atoms with E-state index in [2.05, 4.69) is 4.98 Å². The monoisotopic (exact) mass is 215 g/mol. The van der Waals surface area contributed by atoms with Gasteiger partial charge in [0.05, 0.1) is 16.5 Å². The zero-order valence-corrected chi connectivity index (χ0v) is 9.03. The summed E-state index contributed by atoms with van der Waals surface area (Å²) >= 11 is 3.70. The van der Waals surface area contributed by atoms with Gasteiger partial charge in [-0.1, -0.05) is 0 Å². The minimum atomic E-state index is 0.138. The lowest BCUT2D eigenvalue weighted by molar-refractivity contribution is 0.285. The van der Waals surface area contributed by atoms with Gasteiger partial charge < -0.3 is 5.11 Å². The van der Waals surface area contributed by atoms with E-state index in [1.54, 1.807) is 11.3 Å². The molecule has 0 saturated carbocycles. The van der Waals surface area contributed by atoms with Crippen molar-refractivity contribution >= 4 is 23.1 Å². The summed E-state index contributed by atoms with van der Waals surface area (Å²) in [7, 11) is 0. The van der Waals surface area contributed by atoms with E-state index >= 15 is 0 Å². The molecule has 1 N–H and O–H groups in total. The summed E-state index contributed by atoms with van der Waals surface area (Å²) in [5, 5.41) is 10.1. The molecule has 72 valence electrons. The minimum Gasteiger partial charge on any atom is -0.391 e. The van der Waals surface area contributed by atoms with E-state index in [4.69, 9.17) is 5.11 Å². The van der Waals surface area contributed by atoms with Crippen LogP contribution in [-0.4, -0.2) is 21.6 Å². The molecule has 0 radical (unpaired) electrons. The van der Waals surface area contributed by atoms with Crippen LogP contribution < -0.4 is 0 Å². The number of thioether (sulfide) groups is 1. The lowest BCUT2D eigenvalue weighted by atomic mass is 10.0. The minimum absolute atomic E-state index is 0.138. The van der Waals surface area contributed by atoms with E-state index in [9.17, 15) is 0 Å². The van der Waals surface area contributed by atoms with Crippen molar-refractivity contribution < 1.29 is 5.11 Å². The highest BCUT2D eigenvalue weighted by molar-refractivity contribution is 7.99. The number of rotatable bonds is 2. The highest BCUT2D eigenvalue weighted by atomic mass is 32.2. The van der Waals surface area contributed by atoms with Gasteiger partial charge in [0, 0.05) is 12.1 Å². The summed E-state index contributed by atoms with van der Waals surface area (Å²) in [5.74, 6) is 3.18. The summed E-state index contributed by atoms with van der Waals surface area (Å²) < 4.78 is 0. The van der Waals surface area contributed by atoms with Gasteiger partial charge in [-0.15, -0.1) is 11.3 Å². The van der Waals surface area contributed by atoms with Gasteiger partial charge in [-0.3, -0.25) is 0 Å². The highest BCUT2D eigenvalue weighted by Gasteiger charge is 2.18. The van der Waals surface area contributed by atoms with Crippen molar-refractivity contribution in [3.8, 4) is 0 Å². The molecular weight excluding hydrogens is 202 g/mol. The number of hydrogen-bond acceptors (Lipinski definition) is 4. The van der Waals surface area contributed by atoms with Gasteiger partial charge in [0.15, 0.2) is 0 Å². The molecule has 1 aliphatic heterocycles. The summed E-state index contributed by atoms with van der Waals surface area (Å²) in [6, 6.07) is 0. The first kappa shape index (κ1) is 9.49. The largest absolute Gasteiger partial charge is 0.391 e. The molecule has 13 heavy (non-hydrogen) atoms. The Bertz CT molecular complexity index is 268. The Morgan fingerprint density at radius 3 is 2.85 bits per heavy atom. The third kappa shape index (κ3) is 2.24. The van der Waals surface area contributed by atoms with Crippen LogP contribution in [0.3, 0.4) is 0 Å². The molecule has 2 heterocycles. The molecule has 1 aromatic heterocycles. The van der Waals surface area contributed by atoms with Gasteiger partial charge in [-0.05, 0) is 24.3 Å². The number of aliphatic hydroxyl groups is 1. The maximum atomic E-state index is 8.92. The zero-order valence-electron chi connectivity index (χ0n) is 7.40. The van der Waals surface area contributed by atoms with E-state index in [0.717, 1.165) is 4.88 Å². The first-order chi connectivity index (χ1) is 6.40. The Labute approximate surface area is 86.4 Å². The van der Waals surface area contributed by atoms with Crippen molar-refractivity contribution in [2.24, 2.45) is 0 Å².